The van der Waals surface area contributed by atoms with E-state index in [-0.39, 0.29) is 6.10 Å². The van der Waals surface area contributed by atoms with Crippen molar-refractivity contribution in [3.63, 3.8) is 0 Å². The zero-order chi connectivity index (χ0) is 20.7. The molecule has 0 N–H and O–H groups in total. The molecule has 1 aromatic carbocycles. The Labute approximate surface area is 184 Å². The molecule has 4 bridgehead atoms. The number of hydrogen-bond acceptors (Lipinski definition) is 2. The van der Waals surface area contributed by atoms with Gasteiger partial charge in [-0.2, -0.15) is 0 Å². The highest BCUT2D eigenvalue weighted by atomic mass is 16.5. The van der Waals surface area contributed by atoms with E-state index in [2.05, 4.69) is 56.0 Å². The summed E-state index contributed by atoms with van der Waals surface area (Å²) in [4.78, 5) is 2.75. The molecule has 2 nitrogen and oxygen atoms in total. The minimum absolute atomic E-state index is 0.220. The van der Waals surface area contributed by atoms with Crippen LogP contribution in [0.15, 0.2) is 30.3 Å². The fraction of sp³-hybridized carbons (Fsp3) is 0.714. The molecule has 0 radical (unpaired) electrons. The largest absolute Gasteiger partial charge is 0.490 e. The predicted octanol–water partition coefficient (Wildman–Crippen LogP) is 6.81. The molecule has 1 aliphatic heterocycles. The smallest absolute Gasteiger partial charge is 0.127 e. The van der Waals surface area contributed by atoms with Crippen molar-refractivity contribution in [3.8, 4) is 5.75 Å². The quantitative estimate of drug-likeness (QED) is 0.492. The molecular weight excluding hydrogens is 366 g/mol. The summed E-state index contributed by atoms with van der Waals surface area (Å²) in [7, 11) is 0. The van der Waals surface area contributed by atoms with Gasteiger partial charge in [0, 0.05) is 25.2 Å². The van der Waals surface area contributed by atoms with Gasteiger partial charge in [-0.1, -0.05) is 37.6 Å². The maximum Gasteiger partial charge on any atom is 0.127 e. The minimum atomic E-state index is 0.220. The van der Waals surface area contributed by atoms with Crippen LogP contribution in [0.2, 0.25) is 0 Å². The lowest BCUT2D eigenvalue weighted by Crippen LogP contribution is -2.52. The number of ether oxygens (including phenoxy) is 1. The van der Waals surface area contributed by atoms with Gasteiger partial charge in [0.15, 0.2) is 0 Å². The van der Waals surface area contributed by atoms with E-state index in [4.69, 9.17) is 4.74 Å². The van der Waals surface area contributed by atoms with Crippen molar-refractivity contribution in [1.82, 2.24) is 4.90 Å². The highest BCUT2D eigenvalue weighted by molar-refractivity contribution is 5.71. The van der Waals surface area contributed by atoms with E-state index in [1.54, 1.807) is 38.5 Å². The molecule has 5 aliphatic rings. The van der Waals surface area contributed by atoms with Crippen molar-refractivity contribution in [2.75, 3.05) is 19.6 Å². The fourth-order valence-electron chi connectivity index (χ4n) is 7.96. The molecule has 4 saturated carbocycles. The van der Waals surface area contributed by atoms with Gasteiger partial charge < -0.3 is 4.74 Å². The third-order valence-corrected chi connectivity index (χ3v) is 8.81. The van der Waals surface area contributed by atoms with E-state index in [0.717, 1.165) is 42.4 Å². The Morgan fingerprint density at radius 2 is 1.70 bits per heavy atom. The molecule has 30 heavy (non-hydrogen) atoms. The van der Waals surface area contributed by atoms with Crippen LogP contribution in [0.3, 0.4) is 0 Å². The van der Waals surface area contributed by atoms with Gasteiger partial charge in [0.1, 0.15) is 5.75 Å². The molecule has 1 heterocycles. The lowest BCUT2D eigenvalue weighted by Gasteiger charge is -2.60. The van der Waals surface area contributed by atoms with Gasteiger partial charge in [-0.25, -0.2) is 0 Å². The van der Waals surface area contributed by atoms with Crippen molar-refractivity contribution in [2.45, 2.75) is 78.2 Å². The summed E-state index contributed by atoms with van der Waals surface area (Å²) in [5.41, 5.74) is 3.47. The Hall–Kier alpha value is -1.28. The second-order valence-corrected chi connectivity index (χ2v) is 11.3. The Balaban J connectivity index is 1.26. The number of rotatable bonds is 7. The molecule has 0 saturated heterocycles. The minimum Gasteiger partial charge on any atom is -0.490 e. The lowest BCUT2D eigenvalue weighted by atomic mass is 9.46. The van der Waals surface area contributed by atoms with E-state index in [1.807, 2.05) is 0 Å². The fourth-order valence-corrected chi connectivity index (χ4v) is 7.96. The summed E-state index contributed by atoms with van der Waals surface area (Å²) in [5, 5.41) is 0. The summed E-state index contributed by atoms with van der Waals surface area (Å²) in [5.74, 6) is 5.14. The summed E-state index contributed by atoms with van der Waals surface area (Å²) < 4.78 is 6.09. The molecule has 1 aromatic rings. The Morgan fingerprint density at radius 1 is 1.03 bits per heavy atom. The van der Waals surface area contributed by atoms with E-state index in [1.165, 1.54) is 30.6 Å². The van der Waals surface area contributed by atoms with E-state index in [0.29, 0.717) is 5.41 Å². The molecule has 4 aliphatic carbocycles. The van der Waals surface area contributed by atoms with Crippen LogP contribution in [0.1, 0.15) is 77.7 Å². The number of para-hydroxylation sites is 1. The molecule has 6 rings (SSSR count). The molecule has 164 valence electrons. The molecule has 4 fully saturated rings. The number of benzene rings is 1. The predicted molar refractivity (Wildman–Crippen MR) is 126 cm³/mol. The van der Waals surface area contributed by atoms with E-state index < -0.39 is 0 Å². The van der Waals surface area contributed by atoms with Crippen LogP contribution in [0.25, 0.3) is 5.57 Å². The van der Waals surface area contributed by atoms with Gasteiger partial charge in [-0.05, 0) is 99.5 Å². The second kappa shape index (κ2) is 8.34. The zero-order valence-electron chi connectivity index (χ0n) is 19.4. The van der Waals surface area contributed by atoms with Crippen molar-refractivity contribution in [2.24, 2.45) is 29.1 Å². The summed E-state index contributed by atoms with van der Waals surface area (Å²) in [6, 6.07) is 8.61. The van der Waals surface area contributed by atoms with Gasteiger partial charge in [0.05, 0.1) is 6.10 Å². The summed E-state index contributed by atoms with van der Waals surface area (Å²) in [6.07, 6.45) is 14.5. The highest BCUT2D eigenvalue weighted by Gasteiger charge is 2.53. The Bertz CT molecular complexity index is 743. The van der Waals surface area contributed by atoms with Crippen LogP contribution < -0.4 is 4.74 Å². The van der Waals surface area contributed by atoms with Gasteiger partial charge >= 0.3 is 0 Å². The van der Waals surface area contributed by atoms with Crippen molar-refractivity contribution >= 4 is 5.57 Å². The average Bonchev–Trinajstić information content (AvgIpc) is 2.71. The zero-order valence-corrected chi connectivity index (χ0v) is 19.4. The van der Waals surface area contributed by atoms with Crippen molar-refractivity contribution < 1.29 is 4.74 Å². The molecular formula is C28H41NO. The van der Waals surface area contributed by atoms with Crippen LogP contribution in [-0.4, -0.2) is 30.6 Å². The van der Waals surface area contributed by atoms with Gasteiger partial charge in [-0.3, -0.25) is 4.90 Å². The molecule has 0 amide bonds. The first kappa shape index (κ1) is 20.6. The molecule has 1 unspecified atom stereocenters. The molecule has 1 atom stereocenters. The highest BCUT2D eigenvalue weighted by Crippen LogP contribution is 2.63. The third kappa shape index (κ3) is 3.97. The topological polar surface area (TPSA) is 12.5 Å². The average molecular weight is 408 g/mol. The molecule has 0 spiro atoms. The second-order valence-electron chi connectivity index (χ2n) is 11.3. The standard InChI is InChI=1S/C28H41NO/c1-4-25(28-16-21-13-22(17-28)15-23(14-21)18-28)19-29-11-9-24(10-12-29)26-7-5-6-8-27(26)30-20(2)3/h5-9,20-23,25H,4,10-19H2,1-3H3. The first-order chi connectivity index (χ1) is 14.5. The summed E-state index contributed by atoms with van der Waals surface area (Å²) >= 11 is 0. The first-order valence-corrected chi connectivity index (χ1v) is 12.7. The van der Waals surface area contributed by atoms with Gasteiger partial charge in [-0.15, -0.1) is 0 Å². The van der Waals surface area contributed by atoms with Crippen LogP contribution in [0.4, 0.5) is 0 Å². The van der Waals surface area contributed by atoms with E-state index in [9.17, 15) is 0 Å². The van der Waals surface area contributed by atoms with Crippen LogP contribution in [0, 0.1) is 29.1 Å². The first-order valence-electron chi connectivity index (χ1n) is 12.7. The lowest BCUT2D eigenvalue weighted by molar-refractivity contribution is -0.0938. The van der Waals surface area contributed by atoms with Gasteiger partial charge in [0.25, 0.3) is 0 Å². The van der Waals surface area contributed by atoms with Crippen LogP contribution in [-0.2, 0) is 0 Å². The SMILES string of the molecule is CCC(CN1CC=C(c2ccccc2OC(C)C)CC1)C12CC3CC(CC(C3)C1)C2. The number of nitrogens with zero attached hydrogens (tertiary/aromatic N) is 1. The van der Waals surface area contributed by atoms with E-state index >= 15 is 0 Å². The molecule has 0 aromatic heterocycles. The van der Waals surface area contributed by atoms with Crippen LogP contribution in [0.5, 0.6) is 5.75 Å². The summed E-state index contributed by atoms with van der Waals surface area (Å²) in [6.45, 7) is 10.3. The van der Waals surface area contributed by atoms with Crippen molar-refractivity contribution in [1.29, 1.82) is 0 Å². The number of hydrogen-bond donors (Lipinski definition) is 0. The monoisotopic (exact) mass is 407 g/mol. The van der Waals surface area contributed by atoms with Crippen LogP contribution >= 0.6 is 0 Å². The maximum atomic E-state index is 6.09. The molecule has 2 heteroatoms. The normalized spacial score (nSPS) is 34.3. The third-order valence-electron chi connectivity index (χ3n) is 8.81. The Kier molecular flexibility index (Phi) is 5.73. The van der Waals surface area contributed by atoms with Gasteiger partial charge in [0.2, 0.25) is 0 Å². The Morgan fingerprint density at radius 3 is 2.27 bits per heavy atom. The van der Waals surface area contributed by atoms with Crippen molar-refractivity contribution in [3.05, 3.63) is 35.9 Å². The maximum absolute atomic E-state index is 6.09.